The Morgan fingerprint density at radius 3 is 2.61 bits per heavy atom. The van der Waals surface area contributed by atoms with Crippen LogP contribution in [-0.2, 0) is 9.47 Å². The molecule has 0 spiro atoms. The van der Waals surface area contributed by atoms with Crippen LogP contribution in [0.15, 0.2) is 36.7 Å². The smallest absolute Gasteiger partial charge is 0.263 e. The third-order valence-corrected chi connectivity index (χ3v) is 8.70. The molecule has 1 amide bonds. The lowest BCUT2D eigenvalue weighted by Crippen LogP contribution is -2.39. The molecule has 1 saturated heterocycles. The standard InChI is InChI=1S/C28H32N6O3S/c1-16-12-29-25-24-19-4-5-20(33-21(19)6-7-22(24)38-26(25)28(35)32-16)18-13-30-27(31-14-18)17-8-10-34(11-9-17)15-23(36-2)37-3/h4-7,13-14,16-17,23,29H,8-12,15H2,1-3H3,(H,32,35)/t16-/m1/s1. The maximum atomic E-state index is 12.7. The summed E-state index contributed by atoms with van der Waals surface area (Å²) in [5.74, 6) is 1.22. The Morgan fingerprint density at radius 1 is 1.11 bits per heavy atom. The van der Waals surface area contributed by atoms with Gasteiger partial charge in [-0.2, -0.15) is 0 Å². The lowest BCUT2D eigenvalue weighted by atomic mass is 9.96. The third-order valence-electron chi connectivity index (χ3n) is 7.54. The maximum Gasteiger partial charge on any atom is 0.263 e. The molecule has 0 radical (unpaired) electrons. The Balaban J connectivity index is 1.22. The molecule has 0 unspecified atom stereocenters. The van der Waals surface area contributed by atoms with Gasteiger partial charge in [-0.15, -0.1) is 11.3 Å². The lowest BCUT2D eigenvalue weighted by molar-refractivity contribution is -0.118. The number of carbonyl (C=O) groups is 1. The minimum Gasteiger partial charge on any atom is -0.381 e. The van der Waals surface area contributed by atoms with E-state index in [2.05, 4.69) is 27.7 Å². The molecular weight excluding hydrogens is 500 g/mol. The third kappa shape index (κ3) is 4.73. The molecule has 0 saturated carbocycles. The van der Waals surface area contributed by atoms with Gasteiger partial charge in [-0.3, -0.25) is 9.69 Å². The molecule has 38 heavy (non-hydrogen) atoms. The summed E-state index contributed by atoms with van der Waals surface area (Å²) in [6.45, 7) is 5.42. The van der Waals surface area contributed by atoms with Crippen molar-refractivity contribution in [2.24, 2.45) is 0 Å². The predicted octanol–water partition coefficient (Wildman–Crippen LogP) is 4.25. The van der Waals surface area contributed by atoms with E-state index >= 15 is 0 Å². The quantitative estimate of drug-likeness (QED) is 0.356. The van der Waals surface area contributed by atoms with Gasteiger partial charge in [0.2, 0.25) is 0 Å². The highest BCUT2D eigenvalue weighted by molar-refractivity contribution is 7.21. The minimum atomic E-state index is -0.193. The Labute approximate surface area is 225 Å². The second-order valence-corrected chi connectivity index (χ2v) is 11.1. The SMILES string of the molecule is COC(CN1CCC(c2ncc(-c3ccc4c(ccc5sc6c(c54)NC[C@@H](C)NC6=O)n3)cn2)CC1)OC. The Morgan fingerprint density at radius 2 is 1.87 bits per heavy atom. The van der Waals surface area contributed by atoms with Crippen LogP contribution in [-0.4, -0.2) is 78.5 Å². The van der Waals surface area contributed by atoms with E-state index in [1.165, 1.54) is 11.3 Å². The molecule has 198 valence electrons. The molecule has 1 fully saturated rings. The fourth-order valence-corrected chi connectivity index (χ4v) is 6.50. The molecule has 5 heterocycles. The van der Waals surface area contributed by atoms with E-state index in [0.29, 0.717) is 12.5 Å². The molecule has 4 aromatic rings. The monoisotopic (exact) mass is 532 g/mol. The zero-order valence-corrected chi connectivity index (χ0v) is 22.7. The van der Waals surface area contributed by atoms with Crippen molar-refractivity contribution in [2.45, 2.75) is 38.0 Å². The van der Waals surface area contributed by atoms with Crippen LogP contribution in [0.25, 0.3) is 32.2 Å². The Hall–Kier alpha value is -3.18. The van der Waals surface area contributed by atoms with Crippen molar-refractivity contribution in [2.75, 3.05) is 45.7 Å². The summed E-state index contributed by atoms with van der Waals surface area (Å²) >= 11 is 1.52. The van der Waals surface area contributed by atoms with E-state index in [-0.39, 0.29) is 18.2 Å². The average Bonchev–Trinajstić information content (AvgIpc) is 3.27. The van der Waals surface area contributed by atoms with E-state index in [4.69, 9.17) is 24.4 Å². The number of pyridine rings is 1. The molecule has 1 aromatic carbocycles. The van der Waals surface area contributed by atoms with Gasteiger partial charge in [-0.05, 0) is 57.1 Å². The molecule has 10 heteroatoms. The van der Waals surface area contributed by atoms with E-state index in [9.17, 15) is 4.79 Å². The molecule has 6 rings (SSSR count). The van der Waals surface area contributed by atoms with E-state index in [1.54, 1.807) is 14.2 Å². The first kappa shape index (κ1) is 25.1. The minimum absolute atomic E-state index is 0.0199. The number of ether oxygens (including phenoxy) is 2. The van der Waals surface area contributed by atoms with Crippen LogP contribution in [0.5, 0.6) is 0 Å². The molecule has 9 nitrogen and oxygen atoms in total. The summed E-state index contributed by atoms with van der Waals surface area (Å²) < 4.78 is 11.8. The van der Waals surface area contributed by atoms with Crippen LogP contribution < -0.4 is 10.6 Å². The molecule has 3 aromatic heterocycles. The van der Waals surface area contributed by atoms with Gasteiger partial charge in [-0.25, -0.2) is 15.0 Å². The lowest BCUT2D eigenvalue weighted by Gasteiger charge is -2.32. The van der Waals surface area contributed by atoms with Crippen LogP contribution >= 0.6 is 11.3 Å². The highest BCUT2D eigenvalue weighted by Crippen LogP contribution is 2.41. The summed E-state index contributed by atoms with van der Waals surface area (Å²) in [6, 6.07) is 8.27. The number of carbonyl (C=O) groups excluding carboxylic acids is 1. The van der Waals surface area contributed by atoms with Crippen molar-refractivity contribution < 1.29 is 14.3 Å². The zero-order valence-electron chi connectivity index (χ0n) is 21.9. The summed E-state index contributed by atoms with van der Waals surface area (Å²) in [6.07, 6.45) is 5.61. The fourth-order valence-electron chi connectivity index (χ4n) is 5.40. The maximum absolute atomic E-state index is 12.7. The summed E-state index contributed by atoms with van der Waals surface area (Å²) in [5, 5.41) is 8.63. The van der Waals surface area contributed by atoms with Crippen LogP contribution in [0.2, 0.25) is 0 Å². The van der Waals surface area contributed by atoms with Gasteiger partial charge in [-0.1, -0.05) is 0 Å². The van der Waals surface area contributed by atoms with E-state index < -0.39 is 0 Å². The number of aromatic nitrogens is 3. The van der Waals surface area contributed by atoms with E-state index in [0.717, 1.165) is 81.1 Å². The number of amides is 1. The van der Waals surface area contributed by atoms with Gasteiger partial charge in [0.25, 0.3) is 5.91 Å². The number of anilines is 1. The number of methoxy groups -OCH3 is 2. The van der Waals surface area contributed by atoms with Crippen molar-refractivity contribution >= 4 is 43.9 Å². The summed E-state index contributed by atoms with van der Waals surface area (Å²) in [7, 11) is 3.35. The van der Waals surface area contributed by atoms with Crippen molar-refractivity contribution in [3.63, 3.8) is 0 Å². The fraction of sp³-hybridized carbons (Fsp3) is 0.429. The van der Waals surface area contributed by atoms with Gasteiger partial charge in [0, 0.05) is 72.7 Å². The van der Waals surface area contributed by atoms with Gasteiger partial charge >= 0.3 is 0 Å². The first-order chi connectivity index (χ1) is 18.5. The number of nitrogens with zero attached hydrogens (tertiary/aromatic N) is 4. The van der Waals surface area contributed by atoms with Gasteiger partial charge in [0.1, 0.15) is 10.7 Å². The number of benzene rings is 1. The summed E-state index contributed by atoms with van der Waals surface area (Å²) in [5.41, 5.74) is 3.53. The van der Waals surface area contributed by atoms with E-state index in [1.807, 2.05) is 31.5 Å². The average molecular weight is 533 g/mol. The van der Waals surface area contributed by atoms with Crippen LogP contribution in [0.4, 0.5) is 5.69 Å². The number of hydrogen-bond acceptors (Lipinski definition) is 9. The van der Waals surface area contributed by atoms with Gasteiger partial charge in [0.15, 0.2) is 6.29 Å². The second-order valence-electron chi connectivity index (χ2n) is 10.1. The molecule has 0 bridgehead atoms. The van der Waals surface area contributed by atoms with Crippen molar-refractivity contribution in [1.82, 2.24) is 25.2 Å². The first-order valence-corrected chi connectivity index (χ1v) is 13.9. The van der Waals surface area contributed by atoms with Gasteiger partial charge < -0.3 is 20.1 Å². The topological polar surface area (TPSA) is 102 Å². The van der Waals surface area contributed by atoms with Crippen molar-refractivity contribution in [3.05, 3.63) is 47.4 Å². The summed E-state index contributed by atoms with van der Waals surface area (Å²) in [4.78, 5) is 30.2. The highest BCUT2D eigenvalue weighted by Gasteiger charge is 2.26. The Kier molecular flexibility index (Phi) is 6.96. The normalized spacial score (nSPS) is 18.9. The van der Waals surface area contributed by atoms with Crippen molar-refractivity contribution in [1.29, 1.82) is 0 Å². The van der Waals surface area contributed by atoms with Crippen LogP contribution in [0.3, 0.4) is 0 Å². The molecule has 1 atom stereocenters. The molecular formula is C28H32N6O3S. The number of nitrogens with one attached hydrogen (secondary N) is 2. The van der Waals surface area contributed by atoms with Crippen molar-refractivity contribution in [3.8, 4) is 11.3 Å². The van der Waals surface area contributed by atoms with Gasteiger partial charge in [0.05, 0.1) is 16.9 Å². The number of thiophene rings is 1. The first-order valence-electron chi connectivity index (χ1n) is 13.0. The van der Waals surface area contributed by atoms with Crippen LogP contribution in [0.1, 0.15) is 41.2 Å². The predicted molar refractivity (Wildman–Crippen MR) is 150 cm³/mol. The number of rotatable bonds is 6. The number of piperidine rings is 1. The molecule has 2 N–H and O–H groups in total. The number of likely N-dealkylation sites (tertiary alicyclic amines) is 1. The highest BCUT2D eigenvalue weighted by atomic mass is 32.1. The largest absolute Gasteiger partial charge is 0.381 e. The molecule has 2 aliphatic rings. The number of fused-ring (bicyclic) bond motifs is 5. The number of hydrogen-bond donors (Lipinski definition) is 2. The molecule has 2 aliphatic heterocycles. The van der Waals surface area contributed by atoms with Crippen LogP contribution in [0, 0.1) is 0 Å². The molecule has 0 aliphatic carbocycles. The zero-order chi connectivity index (χ0) is 26.2. The Bertz CT molecular complexity index is 1460. The second kappa shape index (κ2) is 10.5.